The number of benzene rings is 2. The molecule has 0 bridgehead atoms. The Morgan fingerprint density at radius 2 is 1.43 bits per heavy atom. The zero-order valence-corrected chi connectivity index (χ0v) is 13.6. The van der Waals surface area contributed by atoms with Gasteiger partial charge >= 0.3 is 0 Å². The molecule has 1 unspecified atom stereocenters. The van der Waals surface area contributed by atoms with Gasteiger partial charge in [0.2, 0.25) is 0 Å². The highest BCUT2D eigenvalue weighted by Gasteiger charge is 2.54. The van der Waals surface area contributed by atoms with E-state index in [0.717, 1.165) is 0 Å². The summed E-state index contributed by atoms with van der Waals surface area (Å²) in [5, 5.41) is 0. The summed E-state index contributed by atoms with van der Waals surface area (Å²) in [7, 11) is 0. The summed E-state index contributed by atoms with van der Waals surface area (Å²) in [6.07, 6.45) is 6.81. The topological polar surface area (TPSA) is 29.0 Å². The Morgan fingerprint density at radius 1 is 0.826 bits per heavy atom. The second kappa shape index (κ2) is 6.46. The summed E-state index contributed by atoms with van der Waals surface area (Å²) in [6, 6.07) is 23.3. The average molecular weight is 306 g/mol. The van der Waals surface area contributed by atoms with E-state index in [4.69, 9.17) is 5.73 Å². The van der Waals surface area contributed by atoms with Gasteiger partial charge in [-0.1, -0.05) is 79.9 Å². The molecule has 2 aromatic rings. The van der Waals surface area contributed by atoms with Crippen molar-refractivity contribution in [1.29, 1.82) is 0 Å². The molecule has 2 aliphatic rings. The third kappa shape index (κ3) is 2.93. The molecule has 0 aromatic heterocycles. The van der Waals surface area contributed by atoms with Crippen molar-refractivity contribution in [3.63, 3.8) is 0 Å². The highest BCUT2D eigenvalue weighted by atomic mass is 15.4. The lowest BCUT2D eigenvalue weighted by molar-refractivity contribution is 0.262. The first-order valence-corrected chi connectivity index (χ1v) is 8.99. The van der Waals surface area contributed by atoms with Gasteiger partial charge in [0.05, 0.1) is 6.04 Å². The van der Waals surface area contributed by atoms with Crippen molar-refractivity contribution in [1.82, 2.24) is 4.90 Å². The van der Waals surface area contributed by atoms with E-state index >= 15 is 0 Å². The van der Waals surface area contributed by atoms with E-state index in [1.54, 1.807) is 0 Å². The van der Waals surface area contributed by atoms with Crippen molar-refractivity contribution in [3.05, 3.63) is 71.8 Å². The number of hydrogen-bond acceptors (Lipinski definition) is 2. The van der Waals surface area contributed by atoms with E-state index in [2.05, 4.69) is 65.6 Å². The van der Waals surface area contributed by atoms with Gasteiger partial charge in [-0.2, -0.15) is 0 Å². The molecule has 2 heteroatoms. The Balaban J connectivity index is 1.60. The van der Waals surface area contributed by atoms with Crippen LogP contribution in [0.15, 0.2) is 60.7 Å². The SMILES string of the molecule is N[C@H](c1ccccc1)[C@@H]1[C@@H](c2ccccc2)N1C1CCCCC1. The highest BCUT2D eigenvalue weighted by Crippen LogP contribution is 2.52. The molecule has 0 spiro atoms. The number of nitrogens with zero attached hydrogens (tertiary/aromatic N) is 1. The van der Waals surface area contributed by atoms with Crippen LogP contribution in [0.2, 0.25) is 0 Å². The van der Waals surface area contributed by atoms with Crippen LogP contribution in [0.25, 0.3) is 0 Å². The van der Waals surface area contributed by atoms with Gasteiger partial charge in [-0.25, -0.2) is 0 Å². The molecule has 1 saturated heterocycles. The van der Waals surface area contributed by atoms with E-state index in [1.807, 2.05) is 0 Å². The molecule has 1 aliphatic carbocycles. The fourth-order valence-corrected chi connectivity index (χ4v) is 4.39. The molecule has 4 atom stereocenters. The summed E-state index contributed by atoms with van der Waals surface area (Å²) >= 11 is 0. The minimum absolute atomic E-state index is 0.100. The maximum absolute atomic E-state index is 6.68. The Hall–Kier alpha value is -1.64. The van der Waals surface area contributed by atoms with E-state index in [-0.39, 0.29) is 6.04 Å². The smallest absolute Gasteiger partial charge is 0.0529 e. The lowest BCUT2D eigenvalue weighted by Crippen LogP contribution is -2.28. The molecule has 1 aliphatic heterocycles. The van der Waals surface area contributed by atoms with Crippen LogP contribution in [0, 0.1) is 0 Å². The van der Waals surface area contributed by atoms with Gasteiger partial charge in [0.15, 0.2) is 0 Å². The number of nitrogens with two attached hydrogens (primary N) is 1. The molecule has 4 rings (SSSR count). The molecule has 1 saturated carbocycles. The maximum Gasteiger partial charge on any atom is 0.0529 e. The zero-order chi connectivity index (χ0) is 15.6. The van der Waals surface area contributed by atoms with Crippen LogP contribution in [0.5, 0.6) is 0 Å². The van der Waals surface area contributed by atoms with Crippen LogP contribution in [-0.4, -0.2) is 17.0 Å². The van der Waals surface area contributed by atoms with Crippen molar-refractivity contribution < 1.29 is 0 Å². The van der Waals surface area contributed by atoms with Crippen molar-refractivity contribution in [2.24, 2.45) is 5.73 Å². The van der Waals surface area contributed by atoms with Crippen molar-refractivity contribution in [3.8, 4) is 0 Å². The summed E-state index contributed by atoms with van der Waals surface area (Å²) in [5.74, 6) is 0. The standard InChI is InChI=1S/C21H26N2/c22-19(16-10-4-1-5-11-16)21-20(17-12-6-2-7-13-17)23(21)18-14-8-3-9-15-18/h1-2,4-7,10-13,18-21H,3,8-9,14-15,22H2/t19-,20-,21-,23?/m1/s1. The first-order valence-electron chi connectivity index (χ1n) is 8.99. The molecule has 120 valence electrons. The Bertz CT molecular complexity index is 619. The number of hydrogen-bond donors (Lipinski definition) is 1. The van der Waals surface area contributed by atoms with Crippen LogP contribution in [0.3, 0.4) is 0 Å². The molecule has 0 amide bonds. The third-order valence-electron chi connectivity index (χ3n) is 5.59. The van der Waals surface area contributed by atoms with E-state index in [9.17, 15) is 0 Å². The van der Waals surface area contributed by atoms with Crippen molar-refractivity contribution >= 4 is 0 Å². The predicted octanol–water partition coefficient (Wildman–Crippen LogP) is 4.44. The van der Waals surface area contributed by atoms with Crippen LogP contribution >= 0.6 is 0 Å². The van der Waals surface area contributed by atoms with Gasteiger partial charge in [-0.05, 0) is 24.0 Å². The molecular weight excluding hydrogens is 280 g/mol. The van der Waals surface area contributed by atoms with Gasteiger partial charge in [-0.15, -0.1) is 0 Å². The average Bonchev–Trinajstić information content (AvgIpc) is 3.39. The minimum Gasteiger partial charge on any atom is -0.323 e. The fourth-order valence-electron chi connectivity index (χ4n) is 4.39. The lowest BCUT2D eigenvalue weighted by Gasteiger charge is -2.25. The van der Waals surface area contributed by atoms with E-state index in [0.29, 0.717) is 18.1 Å². The van der Waals surface area contributed by atoms with Crippen LogP contribution in [0.1, 0.15) is 55.3 Å². The van der Waals surface area contributed by atoms with Crippen LogP contribution in [0.4, 0.5) is 0 Å². The molecule has 2 aromatic carbocycles. The third-order valence-corrected chi connectivity index (χ3v) is 5.59. The van der Waals surface area contributed by atoms with Crippen molar-refractivity contribution in [2.45, 2.75) is 56.3 Å². The molecular formula is C21H26N2. The zero-order valence-electron chi connectivity index (χ0n) is 13.6. The molecule has 23 heavy (non-hydrogen) atoms. The molecule has 0 radical (unpaired) electrons. The first kappa shape index (κ1) is 14.9. The minimum atomic E-state index is 0.100. The Labute approximate surface area is 139 Å². The monoisotopic (exact) mass is 306 g/mol. The van der Waals surface area contributed by atoms with Gasteiger partial charge in [0, 0.05) is 18.1 Å². The van der Waals surface area contributed by atoms with Gasteiger partial charge < -0.3 is 5.73 Å². The van der Waals surface area contributed by atoms with Gasteiger partial charge in [0.25, 0.3) is 0 Å². The highest BCUT2D eigenvalue weighted by molar-refractivity contribution is 5.33. The molecule has 2 nitrogen and oxygen atoms in total. The Kier molecular flexibility index (Phi) is 4.19. The largest absolute Gasteiger partial charge is 0.323 e. The van der Waals surface area contributed by atoms with Gasteiger partial charge in [0.1, 0.15) is 0 Å². The quantitative estimate of drug-likeness (QED) is 0.846. The summed E-state index contributed by atoms with van der Waals surface area (Å²) in [5.41, 5.74) is 9.37. The second-order valence-corrected chi connectivity index (χ2v) is 7.02. The second-order valence-electron chi connectivity index (χ2n) is 7.02. The molecule has 2 N–H and O–H groups in total. The molecule has 2 fully saturated rings. The Morgan fingerprint density at radius 3 is 2.09 bits per heavy atom. The first-order chi connectivity index (χ1) is 11.4. The molecule has 1 heterocycles. The summed E-state index contributed by atoms with van der Waals surface area (Å²) < 4.78 is 0. The van der Waals surface area contributed by atoms with E-state index in [1.165, 1.54) is 43.2 Å². The van der Waals surface area contributed by atoms with Crippen molar-refractivity contribution in [2.75, 3.05) is 0 Å². The fraction of sp³-hybridized carbons (Fsp3) is 0.429. The van der Waals surface area contributed by atoms with Crippen LogP contribution in [-0.2, 0) is 0 Å². The maximum atomic E-state index is 6.68. The van der Waals surface area contributed by atoms with E-state index < -0.39 is 0 Å². The van der Waals surface area contributed by atoms with Crippen LogP contribution < -0.4 is 5.73 Å². The normalized spacial score (nSPS) is 29.2. The summed E-state index contributed by atoms with van der Waals surface area (Å²) in [6.45, 7) is 0. The predicted molar refractivity (Wildman–Crippen MR) is 95.1 cm³/mol. The van der Waals surface area contributed by atoms with Gasteiger partial charge in [-0.3, -0.25) is 4.90 Å². The summed E-state index contributed by atoms with van der Waals surface area (Å²) in [4.78, 5) is 2.70. The lowest BCUT2D eigenvalue weighted by atomic mass is 9.95. The number of rotatable bonds is 4.